The maximum atomic E-state index is 13.0. The minimum Gasteiger partial charge on any atom is -0.495 e. The number of carbonyl (C=O) groups excluding carboxylic acids is 1. The molecule has 2 heterocycles. The lowest BCUT2D eigenvalue weighted by atomic mass is 9.99. The van der Waals surface area contributed by atoms with Crippen LogP contribution in [0.3, 0.4) is 0 Å². The van der Waals surface area contributed by atoms with Crippen molar-refractivity contribution in [2.75, 3.05) is 38.3 Å². The molecule has 4 rings (SSSR count). The van der Waals surface area contributed by atoms with Gasteiger partial charge in [-0.15, -0.1) is 10.2 Å². The maximum Gasteiger partial charge on any atom is 0.275 e. The van der Waals surface area contributed by atoms with Crippen molar-refractivity contribution in [2.24, 2.45) is 0 Å². The summed E-state index contributed by atoms with van der Waals surface area (Å²) in [5.74, 6) is -0.728. The number of rotatable bonds is 8. The van der Waals surface area contributed by atoms with E-state index in [0.29, 0.717) is 11.4 Å². The number of para-hydroxylation sites is 1. The van der Waals surface area contributed by atoms with Crippen molar-refractivity contribution < 1.29 is 22.1 Å². The number of ether oxygens (including phenoxy) is 1. The van der Waals surface area contributed by atoms with E-state index in [2.05, 4.69) is 30.7 Å². The van der Waals surface area contributed by atoms with Crippen molar-refractivity contribution in [3.8, 4) is 5.75 Å². The normalized spacial score (nSPS) is 15.2. The molecular formula is C25H31N7O4S. The number of sulfone groups is 1. The van der Waals surface area contributed by atoms with Crippen molar-refractivity contribution in [2.45, 2.75) is 37.0 Å². The van der Waals surface area contributed by atoms with E-state index in [9.17, 15) is 13.2 Å². The molecule has 2 aromatic carbocycles. The molecule has 0 saturated carbocycles. The molecular weight excluding hydrogens is 494 g/mol. The third-order valence-corrected chi connectivity index (χ3v) is 8.26. The molecule has 0 saturated heterocycles. The molecule has 1 amide bonds. The molecule has 37 heavy (non-hydrogen) atoms. The quantitative estimate of drug-likeness (QED) is 0.400. The topological polar surface area (TPSA) is 138 Å². The van der Waals surface area contributed by atoms with Crippen LogP contribution < -0.4 is 20.7 Å². The molecule has 196 valence electrons. The van der Waals surface area contributed by atoms with Crippen LogP contribution in [0.15, 0.2) is 41.3 Å². The lowest BCUT2D eigenvalue weighted by Crippen LogP contribution is -2.26. The highest BCUT2D eigenvalue weighted by Gasteiger charge is 2.25. The number of nitrogens with one attached hydrogen (secondary N) is 3. The Morgan fingerprint density at radius 1 is 1.14 bits per heavy atom. The van der Waals surface area contributed by atoms with Crippen molar-refractivity contribution >= 4 is 38.9 Å². The molecule has 0 fully saturated rings. The van der Waals surface area contributed by atoms with E-state index in [1.807, 2.05) is 24.5 Å². The maximum absolute atomic E-state index is 13.0. The van der Waals surface area contributed by atoms with Gasteiger partial charge >= 0.3 is 0 Å². The van der Waals surface area contributed by atoms with Crippen LogP contribution in [-0.4, -0.2) is 67.3 Å². The molecule has 0 bridgehead atoms. The molecule has 3 N–H and O–H groups in total. The van der Waals surface area contributed by atoms with Crippen LogP contribution in [-0.2, 0) is 22.8 Å². The van der Waals surface area contributed by atoms with Crippen molar-refractivity contribution in [3.05, 3.63) is 53.2 Å². The monoisotopic (exact) mass is 528 g/mol. The second-order valence-electron chi connectivity index (χ2n) is 8.94. The van der Waals surface area contributed by atoms with Gasteiger partial charge in [0.05, 0.1) is 28.6 Å². The number of fused-ring (bicyclic) bond motifs is 1. The standard InChI is InChI=1S/C25H31N7O4S/c1-15(2)37(34,35)21-9-7-6-8-18(21)27-23-22(24(33)26-3)30-31-25(29-23)28-19-12-17-14-32(4)11-10-16(17)13-20(19)36-5/h6-9,12-13,15H,10-11,14H2,1-5H3,(H,26,33)(H2,27,28,29,31)/i3D3. The van der Waals surface area contributed by atoms with E-state index in [-0.39, 0.29) is 22.3 Å². The van der Waals surface area contributed by atoms with Gasteiger partial charge in [-0.05, 0) is 62.7 Å². The van der Waals surface area contributed by atoms with Crippen LogP contribution in [0.2, 0.25) is 0 Å². The van der Waals surface area contributed by atoms with Crippen molar-refractivity contribution in [1.29, 1.82) is 0 Å². The second-order valence-corrected chi connectivity index (χ2v) is 11.4. The number of hydrogen-bond acceptors (Lipinski definition) is 10. The number of benzene rings is 2. The second kappa shape index (κ2) is 10.7. The van der Waals surface area contributed by atoms with Gasteiger partial charge < -0.3 is 25.6 Å². The Hall–Kier alpha value is -3.77. The molecule has 11 nitrogen and oxygen atoms in total. The Labute approximate surface area is 220 Å². The van der Waals surface area contributed by atoms with Crippen LogP contribution in [0.25, 0.3) is 0 Å². The van der Waals surface area contributed by atoms with Gasteiger partial charge in [-0.25, -0.2) is 8.42 Å². The summed E-state index contributed by atoms with van der Waals surface area (Å²) in [6.07, 6.45) is 0.876. The van der Waals surface area contributed by atoms with Crippen molar-refractivity contribution in [3.63, 3.8) is 0 Å². The summed E-state index contributed by atoms with van der Waals surface area (Å²) >= 11 is 0. The van der Waals surface area contributed by atoms with E-state index in [1.54, 1.807) is 33.1 Å². The summed E-state index contributed by atoms with van der Waals surface area (Å²) in [5.41, 5.74) is 2.54. The minimum absolute atomic E-state index is 0.0132. The summed E-state index contributed by atoms with van der Waals surface area (Å²) < 4.78 is 53.7. The summed E-state index contributed by atoms with van der Waals surface area (Å²) in [5, 5.41) is 15.0. The van der Waals surface area contributed by atoms with Crippen LogP contribution in [0.5, 0.6) is 5.75 Å². The largest absolute Gasteiger partial charge is 0.495 e. The van der Waals surface area contributed by atoms with Gasteiger partial charge in [0.2, 0.25) is 5.95 Å². The Balaban J connectivity index is 1.77. The highest BCUT2D eigenvalue weighted by molar-refractivity contribution is 7.92. The van der Waals surface area contributed by atoms with E-state index < -0.39 is 33.7 Å². The van der Waals surface area contributed by atoms with E-state index >= 15 is 0 Å². The average Bonchev–Trinajstić information content (AvgIpc) is 2.87. The molecule has 1 aliphatic heterocycles. The van der Waals surface area contributed by atoms with Crippen LogP contribution in [0.4, 0.5) is 23.1 Å². The van der Waals surface area contributed by atoms with Gasteiger partial charge in [0.15, 0.2) is 21.3 Å². The number of likely N-dealkylation sites (N-methyl/N-ethyl adjacent to an activating group) is 1. The Bertz CT molecular complexity index is 1530. The van der Waals surface area contributed by atoms with Gasteiger partial charge in [-0.3, -0.25) is 4.79 Å². The van der Waals surface area contributed by atoms with E-state index in [1.165, 1.54) is 17.7 Å². The van der Waals surface area contributed by atoms with Gasteiger partial charge in [-0.1, -0.05) is 12.1 Å². The summed E-state index contributed by atoms with van der Waals surface area (Å²) in [6.45, 7) is 1.99. The average molecular weight is 529 g/mol. The Morgan fingerprint density at radius 2 is 1.92 bits per heavy atom. The van der Waals surface area contributed by atoms with Crippen LogP contribution in [0, 0.1) is 0 Å². The predicted molar refractivity (Wildman–Crippen MR) is 142 cm³/mol. The van der Waals surface area contributed by atoms with Gasteiger partial charge in [0, 0.05) is 24.2 Å². The molecule has 3 aromatic rings. The lowest BCUT2D eigenvalue weighted by Gasteiger charge is -2.26. The summed E-state index contributed by atoms with van der Waals surface area (Å²) in [7, 11) is -0.146. The number of aromatic nitrogens is 3. The van der Waals surface area contributed by atoms with Crippen molar-refractivity contribution in [1.82, 2.24) is 25.4 Å². The number of methoxy groups -OCH3 is 1. The molecule has 0 aliphatic carbocycles. The molecule has 0 radical (unpaired) electrons. The number of carbonyl (C=O) groups is 1. The molecule has 1 aliphatic rings. The fourth-order valence-electron chi connectivity index (χ4n) is 3.99. The first-order valence-corrected chi connectivity index (χ1v) is 13.2. The van der Waals surface area contributed by atoms with Gasteiger partial charge in [0.1, 0.15) is 5.75 Å². The van der Waals surface area contributed by atoms with E-state index in [0.717, 1.165) is 25.1 Å². The fourth-order valence-corrected chi connectivity index (χ4v) is 5.19. The SMILES string of the molecule is [2H]C([2H])([2H])NC(=O)c1nnc(Nc2cc3c(cc2OC)CCN(C)C3)nc1Nc1ccccc1S(=O)(=O)C(C)C. The van der Waals surface area contributed by atoms with Gasteiger partial charge in [-0.2, -0.15) is 4.98 Å². The fraction of sp³-hybridized carbons (Fsp3) is 0.360. The highest BCUT2D eigenvalue weighted by Crippen LogP contribution is 2.33. The number of nitrogens with zero attached hydrogens (tertiary/aromatic N) is 4. The zero-order chi connectivity index (χ0) is 29.2. The first-order chi connectivity index (χ1) is 18.8. The lowest BCUT2D eigenvalue weighted by molar-refractivity contribution is 0.0957. The molecule has 0 spiro atoms. The molecule has 12 heteroatoms. The molecule has 1 aromatic heterocycles. The predicted octanol–water partition coefficient (Wildman–Crippen LogP) is 2.90. The highest BCUT2D eigenvalue weighted by atomic mass is 32.2. The smallest absolute Gasteiger partial charge is 0.275 e. The number of amides is 1. The van der Waals surface area contributed by atoms with Crippen LogP contribution in [0.1, 0.15) is 39.6 Å². The van der Waals surface area contributed by atoms with Gasteiger partial charge in [0.25, 0.3) is 5.91 Å². The van der Waals surface area contributed by atoms with E-state index in [4.69, 9.17) is 8.85 Å². The number of hydrogen-bond donors (Lipinski definition) is 3. The third kappa shape index (κ3) is 5.49. The molecule has 0 unspecified atom stereocenters. The number of anilines is 4. The molecule has 0 atom stereocenters. The Kier molecular flexibility index (Phi) is 6.48. The minimum atomic E-state index is -3.72. The zero-order valence-electron chi connectivity index (χ0n) is 24.0. The first kappa shape index (κ1) is 22.4. The third-order valence-electron chi connectivity index (χ3n) is 6.05. The first-order valence-electron chi connectivity index (χ1n) is 13.1. The summed E-state index contributed by atoms with van der Waals surface area (Å²) in [6, 6.07) is 10.0. The zero-order valence-corrected chi connectivity index (χ0v) is 21.8. The summed E-state index contributed by atoms with van der Waals surface area (Å²) in [4.78, 5) is 19.4. The van der Waals surface area contributed by atoms with Crippen LogP contribution >= 0.6 is 0 Å². The Morgan fingerprint density at radius 3 is 2.65 bits per heavy atom.